The van der Waals surface area contributed by atoms with Gasteiger partial charge < -0.3 is 5.32 Å². The number of pyridine rings is 1. The van der Waals surface area contributed by atoms with Gasteiger partial charge in [0.25, 0.3) is 0 Å². The Hall–Kier alpha value is -0.890. The maximum absolute atomic E-state index is 4.47. The van der Waals surface area contributed by atoms with Crippen molar-refractivity contribution < 1.29 is 0 Å². The minimum atomic E-state index is 0.345. The van der Waals surface area contributed by atoms with Gasteiger partial charge in [-0.3, -0.25) is 4.98 Å². The lowest BCUT2D eigenvalue weighted by molar-refractivity contribution is 0.160. The lowest BCUT2D eigenvalue weighted by Crippen LogP contribution is -2.44. The van der Waals surface area contributed by atoms with Crippen LogP contribution >= 0.6 is 0 Å². The van der Waals surface area contributed by atoms with Crippen molar-refractivity contribution in [2.75, 3.05) is 0 Å². The van der Waals surface area contributed by atoms with E-state index in [2.05, 4.69) is 50.1 Å². The highest BCUT2D eigenvalue weighted by atomic mass is 15.0. The zero-order valence-corrected chi connectivity index (χ0v) is 12.8. The van der Waals surface area contributed by atoms with Crippen molar-refractivity contribution in [1.29, 1.82) is 0 Å². The molecular formula is C17H28N2. The highest BCUT2D eigenvalue weighted by Crippen LogP contribution is 2.34. The van der Waals surface area contributed by atoms with Gasteiger partial charge in [-0.2, -0.15) is 0 Å². The van der Waals surface area contributed by atoms with Crippen LogP contribution in [0.5, 0.6) is 0 Å². The first-order valence-electron chi connectivity index (χ1n) is 7.75. The first-order chi connectivity index (χ1) is 9.08. The quantitative estimate of drug-likeness (QED) is 0.878. The molecule has 19 heavy (non-hydrogen) atoms. The molecule has 0 amide bonds. The van der Waals surface area contributed by atoms with Crippen molar-refractivity contribution in [1.82, 2.24) is 10.3 Å². The summed E-state index contributed by atoms with van der Waals surface area (Å²) in [5, 5.41) is 3.83. The molecule has 1 N–H and O–H groups in total. The smallest absolute Gasteiger partial charge is 0.0570 e. The van der Waals surface area contributed by atoms with Gasteiger partial charge in [-0.1, -0.05) is 33.3 Å². The molecule has 4 atom stereocenters. The van der Waals surface area contributed by atoms with Gasteiger partial charge in [0.1, 0.15) is 0 Å². The maximum Gasteiger partial charge on any atom is 0.0570 e. The van der Waals surface area contributed by atoms with Crippen molar-refractivity contribution >= 4 is 0 Å². The largest absolute Gasteiger partial charge is 0.306 e. The molecule has 106 valence electrons. The van der Waals surface area contributed by atoms with Crippen LogP contribution in [0.1, 0.15) is 58.7 Å². The minimum Gasteiger partial charge on any atom is -0.306 e. The van der Waals surface area contributed by atoms with Gasteiger partial charge in [0, 0.05) is 18.3 Å². The van der Waals surface area contributed by atoms with Gasteiger partial charge in [0.15, 0.2) is 0 Å². The summed E-state index contributed by atoms with van der Waals surface area (Å²) in [6.07, 6.45) is 5.95. The number of nitrogens with one attached hydrogen (secondary N) is 1. The van der Waals surface area contributed by atoms with Crippen LogP contribution in [-0.4, -0.2) is 11.0 Å². The van der Waals surface area contributed by atoms with E-state index in [-0.39, 0.29) is 0 Å². The maximum atomic E-state index is 4.47. The Morgan fingerprint density at radius 3 is 2.63 bits per heavy atom. The molecule has 0 spiro atoms. The second-order valence-electron chi connectivity index (χ2n) is 6.58. The Morgan fingerprint density at radius 1 is 1.21 bits per heavy atom. The fraction of sp³-hybridized carbons (Fsp3) is 0.706. The van der Waals surface area contributed by atoms with E-state index in [1.165, 1.54) is 19.3 Å². The molecule has 0 radical (unpaired) electrons. The average molecular weight is 260 g/mol. The van der Waals surface area contributed by atoms with Gasteiger partial charge >= 0.3 is 0 Å². The summed E-state index contributed by atoms with van der Waals surface area (Å²) in [6.45, 7) is 9.34. The zero-order valence-electron chi connectivity index (χ0n) is 12.8. The molecule has 1 heterocycles. The van der Waals surface area contributed by atoms with Crippen LogP contribution in [0, 0.1) is 17.8 Å². The summed E-state index contributed by atoms with van der Waals surface area (Å²) in [4.78, 5) is 4.47. The normalized spacial score (nSPS) is 29.4. The predicted molar refractivity (Wildman–Crippen MR) is 80.9 cm³/mol. The number of nitrogens with zero attached hydrogens (tertiary/aromatic N) is 1. The molecule has 0 aliphatic heterocycles. The molecule has 1 aliphatic carbocycles. The summed E-state index contributed by atoms with van der Waals surface area (Å²) in [5.74, 6) is 2.42. The highest BCUT2D eigenvalue weighted by Gasteiger charge is 2.31. The summed E-state index contributed by atoms with van der Waals surface area (Å²) >= 11 is 0. The van der Waals surface area contributed by atoms with E-state index < -0.39 is 0 Å². The Morgan fingerprint density at radius 2 is 2.00 bits per heavy atom. The van der Waals surface area contributed by atoms with Crippen molar-refractivity contribution in [3.8, 4) is 0 Å². The third-order valence-corrected chi connectivity index (χ3v) is 4.62. The third-order valence-electron chi connectivity index (χ3n) is 4.62. The molecule has 2 heteroatoms. The molecule has 1 aromatic heterocycles. The molecule has 1 saturated carbocycles. The molecule has 3 unspecified atom stereocenters. The van der Waals surface area contributed by atoms with E-state index in [9.17, 15) is 0 Å². The minimum absolute atomic E-state index is 0.345. The summed E-state index contributed by atoms with van der Waals surface area (Å²) in [5.41, 5.74) is 1.16. The lowest BCUT2D eigenvalue weighted by Gasteiger charge is -2.39. The first-order valence-corrected chi connectivity index (χ1v) is 7.75. The molecule has 2 nitrogen and oxygen atoms in total. The van der Waals surface area contributed by atoms with Gasteiger partial charge in [-0.15, -0.1) is 0 Å². The third kappa shape index (κ3) is 3.79. The fourth-order valence-electron chi connectivity index (χ4n) is 3.43. The summed E-state index contributed by atoms with van der Waals surface area (Å²) in [7, 11) is 0. The number of hydrogen-bond donors (Lipinski definition) is 1. The van der Waals surface area contributed by atoms with Gasteiger partial charge in [0.05, 0.1) is 5.69 Å². The van der Waals surface area contributed by atoms with Gasteiger partial charge in [-0.05, 0) is 49.7 Å². The molecule has 0 bridgehead atoms. The van der Waals surface area contributed by atoms with Crippen LogP contribution in [0.3, 0.4) is 0 Å². The second-order valence-corrected chi connectivity index (χ2v) is 6.58. The SMILES string of the molecule is CC1CCC(C(C)C)C(N[C@@H](C)c2ccccn2)C1. The Labute approximate surface area is 118 Å². The molecule has 1 aromatic rings. The lowest BCUT2D eigenvalue weighted by atomic mass is 9.74. The van der Waals surface area contributed by atoms with Crippen molar-refractivity contribution in [2.24, 2.45) is 17.8 Å². The van der Waals surface area contributed by atoms with E-state index in [0.717, 1.165) is 23.4 Å². The second kappa shape index (κ2) is 6.51. The molecule has 1 aliphatic rings. The summed E-state index contributed by atoms with van der Waals surface area (Å²) in [6, 6.07) is 7.16. The van der Waals surface area contributed by atoms with Gasteiger partial charge in [-0.25, -0.2) is 0 Å². The van der Waals surface area contributed by atoms with Crippen LogP contribution in [0.15, 0.2) is 24.4 Å². The van der Waals surface area contributed by atoms with Crippen molar-refractivity contribution in [3.63, 3.8) is 0 Å². The van der Waals surface area contributed by atoms with E-state index >= 15 is 0 Å². The van der Waals surface area contributed by atoms with Crippen LogP contribution in [0.2, 0.25) is 0 Å². The van der Waals surface area contributed by atoms with Crippen LogP contribution < -0.4 is 5.32 Å². The van der Waals surface area contributed by atoms with Crippen LogP contribution in [-0.2, 0) is 0 Å². The van der Waals surface area contributed by atoms with E-state index in [0.29, 0.717) is 12.1 Å². The van der Waals surface area contributed by atoms with Crippen LogP contribution in [0.4, 0.5) is 0 Å². The molecule has 2 rings (SSSR count). The topological polar surface area (TPSA) is 24.9 Å². The van der Waals surface area contributed by atoms with Crippen molar-refractivity contribution in [2.45, 2.75) is 59.0 Å². The standard InChI is InChI=1S/C17H28N2/c1-12(2)15-9-8-13(3)11-17(15)19-14(4)16-7-5-6-10-18-16/h5-7,10,12-15,17,19H,8-9,11H2,1-4H3/t13?,14-,15?,17?/m0/s1. The highest BCUT2D eigenvalue weighted by molar-refractivity contribution is 5.08. The van der Waals surface area contributed by atoms with E-state index in [1.807, 2.05) is 12.3 Å². The number of hydrogen-bond acceptors (Lipinski definition) is 2. The molecule has 0 aromatic carbocycles. The molecular weight excluding hydrogens is 232 g/mol. The zero-order chi connectivity index (χ0) is 13.8. The number of rotatable bonds is 4. The van der Waals surface area contributed by atoms with Gasteiger partial charge in [0.2, 0.25) is 0 Å². The first kappa shape index (κ1) is 14.5. The fourth-order valence-corrected chi connectivity index (χ4v) is 3.43. The van der Waals surface area contributed by atoms with Crippen LogP contribution in [0.25, 0.3) is 0 Å². The number of aromatic nitrogens is 1. The van der Waals surface area contributed by atoms with Crippen molar-refractivity contribution in [3.05, 3.63) is 30.1 Å². The summed E-state index contributed by atoms with van der Waals surface area (Å²) < 4.78 is 0. The Kier molecular flexibility index (Phi) is 4.98. The average Bonchev–Trinajstić information content (AvgIpc) is 2.39. The molecule has 0 saturated heterocycles. The predicted octanol–water partition coefficient (Wildman–Crippen LogP) is 4.19. The Balaban J connectivity index is 2.02. The van der Waals surface area contributed by atoms with E-state index in [1.54, 1.807) is 0 Å². The molecule has 1 fully saturated rings. The monoisotopic (exact) mass is 260 g/mol. The van der Waals surface area contributed by atoms with E-state index in [4.69, 9.17) is 0 Å². The Bertz CT molecular complexity index is 374.